The van der Waals surface area contributed by atoms with Gasteiger partial charge in [-0.1, -0.05) is 0 Å². The number of nitrogens with one attached hydrogen (secondary N) is 5. The Bertz CT molecular complexity index is 371. The van der Waals surface area contributed by atoms with Gasteiger partial charge in [-0.25, -0.2) is 9.59 Å². The number of hydrogen-bond donors (Lipinski definition) is 5. The van der Waals surface area contributed by atoms with Crippen LogP contribution in [-0.4, -0.2) is 53.2 Å². The molecule has 1 saturated heterocycles. The van der Waals surface area contributed by atoms with Gasteiger partial charge in [0.05, 0.1) is 6.04 Å². The van der Waals surface area contributed by atoms with Gasteiger partial charge in [-0.3, -0.25) is 5.32 Å². The molecule has 2 atom stereocenters. The zero-order valence-corrected chi connectivity index (χ0v) is 13.1. The fourth-order valence-electron chi connectivity index (χ4n) is 1.11. The Kier molecular flexibility index (Phi) is 8.48. The molecule has 1 aliphatic rings. The van der Waals surface area contributed by atoms with Gasteiger partial charge in [0.25, 0.3) is 0 Å². The van der Waals surface area contributed by atoms with Crippen molar-refractivity contribution < 1.29 is 18.6 Å². The Morgan fingerprint density at radius 3 is 2.40 bits per heavy atom. The van der Waals surface area contributed by atoms with Crippen LogP contribution < -0.4 is 25.9 Å². The van der Waals surface area contributed by atoms with E-state index in [-0.39, 0.29) is 29.9 Å². The van der Waals surface area contributed by atoms with Gasteiger partial charge in [0.2, 0.25) is 5.96 Å². The van der Waals surface area contributed by atoms with Gasteiger partial charge >= 0.3 is 12.2 Å². The van der Waals surface area contributed by atoms with Crippen molar-refractivity contribution in [3.63, 3.8) is 0 Å². The maximum absolute atomic E-state index is 11.4. The zero-order valence-electron chi connectivity index (χ0n) is 11.1. The van der Waals surface area contributed by atoms with Crippen molar-refractivity contribution in [3.05, 3.63) is 0 Å². The van der Waals surface area contributed by atoms with Gasteiger partial charge in [-0.05, 0) is 0 Å². The molecular weight excluding hydrogens is 304 g/mol. The molecule has 0 aromatic carbocycles. The number of rotatable bonds is 5. The van der Waals surface area contributed by atoms with Gasteiger partial charge < -0.3 is 29.7 Å². The predicted molar refractivity (Wildman–Crippen MR) is 83.3 cm³/mol. The summed E-state index contributed by atoms with van der Waals surface area (Å²) in [4.78, 5) is 31.8. The van der Waals surface area contributed by atoms with Gasteiger partial charge in [0.1, 0.15) is 17.9 Å². The third kappa shape index (κ3) is 7.02. The Morgan fingerprint density at radius 1 is 1.20 bits per heavy atom. The monoisotopic (exact) mass is 320 g/mol. The fourth-order valence-corrected chi connectivity index (χ4v) is 1.59. The molecule has 10 nitrogen and oxygen atoms in total. The second-order valence-corrected chi connectivity index (χ2v) is 5.36. The Labute approximate surface area is 121 Å². The first-order chi connectivity index (χ1) is 9.65. The van der Waals surface area contributed by atoms with E-state index in [1.807, 2.05) is 0 Å². The highest BCUT2D eigenvalue weighted by Crippen LogP contribution is 2.05. The van der Waals surface area contributed by atoms with Gasteiger partial charge in [0.15, 0.2) is 16.0 Å². The van der Waals surface area contributed by atoms with E-state index in [1.165, 1.54) is 0 Å². The molecule has 0 aliphatic carbocycles. The van der Waals surface area contributed by atoms with Crippen LogP contribution in [0.4, 0.5) is 9.59 Å². The second kappa shape index (κ2) is 9.90. The largest absolute Gasteiger partial charge is 0.440 e. The van der Waals surface area contributed by atoms with Crippen molar-refractivity contribution in [2.75, 3.05) is 13.1 Å². The van der Waals surface area contributed by atoms with E-state index in [0.717, 1.165) is 13.1 Å². The van der Waals surface area contributed by atoms with Gasteiger partial charge in [0, 0.05) is 13.1 Å². The Balaban J connectivity index is 2.51. The number of carbonyl (C=O) groups is 2. The summed E-state index contributed by atoms with van der Waals surface area (Å²) in [5, 5.41) is 8.31. The van der Waals surface area contributed by atoms with Crippen molar-refractivity contribution in [3.8, 4) is 0 Å². The fraction of sp³-hybridized carbons (Fsp3) is 0.500. The first-order valence-electron chi connectivity index (χ1n) is 5.73. The number of hydrogen-bond acceptors (Lipinski definition) is 7. The number of aliphatic imine (C=N–C) groups is 1. The highest BCUT2D eigenvalue weighted by atomic mass is 31.1. The third-order valence-corrected chi connectivity index (χ3v) is 3.00. The van der Waals surface area contributed by atoms with E-state index in [2.05, 4.69) is 30.9 Å². The van der Waals surface area contributed by atoms with E-state index in [0.29, 0.717) is 0 Å². The van der Waals surface area contributed by atoms with Crippen LogP contribution in [0.15, 0.2) is 4.99 Å². The van der Waals surface area contributed by atoms with Crippen LogP contribution in [0, 0.1) is 0 Å². The molecule has 20 heavy (non-hydrogen) atoms. The normalized spacial score (nSPS) is 16.3. The molecule has 1 heterocycles. The Hall–Kier alpha value is -0.920. The summed E-state index contributed by atoms with van der Waals surface area (Å²) in [5.74, 6) is 0.00769. The summed E-state index contributed by atoms with van der Waals surface area (Å²) < 4.78 is 9.53. The summed E-state index contributed by atoms with van der Waals surface area (Å²) in [7, 11) is 2.91. The molecule has 5 N–H and O–H groups in total. The van der Waals surface area contributed by atoms with Crippen LogP contribution in [-0.2, 0) is 9.05 Å². The summed E-state index contributed by atoms with van der Waals surface area (Å²) >= 11 is 0. The third-order valence-electron chi connectivity index (χ3n) is 2.03. The van der Waals surface area contributed by atoms with Crippen molar-refractivity contribution >= 4 is 52.0 Å². The van der Waals surface area contributed by atoms with Crippen LogP contribution >= 0.6 is 17.9 Å². The topological polar surface area (TPSA) is 125 Å². The molecule has 0 aromatic heterocycles. The van der Waals surface area contributed by atoms with E-state index in [9.17, 15) is 9.59 Å². The minimum atomic E-state index is -0.802. The molecule has 14 heteroatoms. The standard InChI is InChI=1S/C6H16B2N6O4P2/c7-13-19-17-5(15)11-4(10-3-1-9-2-3)12-6(16)18-20-14-8/h3,9,13-14,19-20H,1-2,7-8H2,(H2,10,11,12,15,16). The summed E-state index contributed by atoms with van der Waals surface area (Å²) in [6.45, 7) is 1.45. The van der Waals surface area contributed by atoms with Gasteiger partial charge in [-0.2, -0.15) is 0 Å². The molecule has 2 amide bonds. The maximum atomic E-state index is 11.4. The molecule has 0 aromatic rings. The molecule has 0 spiro atoms. The molecular formula is C6H16B2N6O4P2. The van der Waals surface area contributed by atoms with Crippen LogP contribution in [0.2, 0.25) is 0 Å². The molecule has 1 fully saturated rings. The van der Waals surface area contributed by atoms with Crippen LogP contribution in [0.1, 0.15) is 0 Å². The lowest BCUT2D eigenvalue weighted by Gasteiger charge is -2.29. The first kappa shape index (κ1) is 17.1. The number of amides is 2. The molecule has 0 saturated carbocycles. The van der Waals surface area contributed by atoms with Crippen LogP contribution in [0.25, 0.3) is 0 Å². The lowest BCUT2D eigenvalue weighted by molar-refractivity contribution is 0.211. The van der Waals surface area contributed by atoms with Crippen molar-refractivity contribution in [1.82, 2.24) is 25.9 Å². The van der Waals surface area contributed by atoms with Crippen molar-refractivity contribution in [2.24, 2.45) is 4.99 Å². The summed E-state index contributed by atoms with van der Waals surface area (Å²) in [6, 6.07) is 0.0975. The summed E-state index contributed by atoms with van der Waals surface area (Å²) in [5.41, 5.74) is 0. The molecule has 1 rings (SSSR count). The molecule has 0 radical (unpaired) electrons. The van der Waals surface area contributed by atoms with Crippen molar-refractivity contribution in [2.45, 2.75) is 6.04 Å². The van der Waals surface area contributed by atoms with Crippen molar-refractivity contribution in [1.29, 1.82) is 0 Å². The summed E-state index contributed by atoms with van der Waals surface area (Å²) in [6.07, 6.45) is -1.51. The highest BCUT2D eigenvalue weighted by Gasteiger charge is 2.20. The lowest BCUT2D eigenvalue weighted by atomic mass is 10.2. The van der Waals surface area contributed by atoms with E-state index >= 15 is 0 Å². The van der Waals surface area contributed by atoms with E-state index < -0.39 is 12.2 Å². The smallest absolute Gasteiger partial charge is 0.416 e. The predicted octanol–water partition coefficient (Wildman–Crippen LogP) is -2.94. The highest BCUT2D eigenvalue weighted by molar-refractivity contribution is 7.32. The molecule has 1 aliphatic heterocycles. The quantitative estimate of drug-likeness (QED) is 0.158. The molecule has 0 bridgehead atoms. The number of nitrogens with zero attached hydrogens (tertiary/aromatic N) is 1. The minimum Gasteiger partial charge on any atom is -0.416 e. The minimum absolute atomic E-state index is 0.00769. The zero-order chi connectivity index (χ0) is 14.8. The first-order valence-corrected chi connectivity index (χ1v) is 7.55. The van der Waals surface area contributed by atoms with Crippen LogP contribution in [0.5, 0.6) is 0 Å². The second-order valence-electron chi connectivity index (χ2n) is 3.55. The van der Waals surface area contributed by atoms with E-state index in [1.54, 1.807) is 16.0 Å². The molecule has 2 unspecified atom stereocenters. The number of carbonyl (C=O) groups excluding carboxylic acids is 2. The van der Waals surface area contributed by atoms with E-state index in [4.69, 9.17) is 9.05 Å². The number of guanidine groups is 1. The Morgan fingerprint density at radius 2 is 1.85 bits per heavy atom. The van der Waals surface area contributed by atoms with Gasteiger partial charge in [-0.15, -0.1) is 4.99 Å². The maximum Gasteiger partial charge on any atom is 0.440 e. The average Bonchev–Trinajstić information content (AvgIpc) is 2.38. The SMILES string of the molecule is BNPOC(=O)/N=C(/NC(=O)OPNB)NC1CNC1. The average molecular weight is 320 g/mol. The van der Waals surface area contributed by atoms with Crippen LogP contribution in [0.3, 0.4) is 0 Å². The lowest BCUT2D eigenvalue weighted by Crippen LogP contribution is -2.59. The molecule has 110 valence electrons.